The van der Waals surface area contributed by atoms with E-state index in [9.17, 15) is 4.79 Å². The average molecular weight is 203 g/mol. The summed E-state index contributed by atoms with van der Waals surface area (Å²) in [7, 11) is 1.38. The van der Waals surface area contributed by atoms with Crippen LogP contribution in [0, 0.1) is 0 Å². The number of hydrogen-bond donors (Lipinski definition) is 0. The molecule has 0 atom stereocenters. The lowest BCUT2D eigenvalue weighted by molar-refractivity contribution is -0.134. The Bertz CT molecular complexity index is 373. The van der Waals surface area contributed by atoms with Gasteiger partial charge >= 0.3 is 5.97 Å². The van der Waals surface area contributed by atoms with E-state index < -0.39 is 0 Å². The molecule has 0 spiro atoms. The van der Waals surface area contributed by atoms with Crippen LogP contribution in [0.1, 0.15) is 11.1 Å². The molecule has 1 heterocycles. The summed E-state index contributed by atoms with van der Waals surface area (Å²) in [6, 6.07) is 8.29. The molecular weight excluding hydrogens is 190 g/mol. The Hall–Kier alpha value is -1.77. The Morgan fingerprint density at radius 1 is 1.33 bits per heavy atom. The van der Waals surface area contributed by atoms with Gasteiger partial charge in [-0.2, -0.15) is 0 Å². The number of esters is 1. The first kappa shape index (κ1) is 9.77. The zero-order valence-electron chi connectivity index (χ0n) is 8.64. The second-order valence-corrected chi connectivity index (χ2v) is 3.51. The molecule has 0 aliphatic carbocycles. The van der Waals surface area contributed by atoms with E-state index in [1.807, 2.05) is 12.1 Å². The molecule has 1 aromatic rings. The van der Waals surface area contributed by atoms with Crippen LogP contribution >= 0.6 is 0 Å². The lowest BCUT2D eigenvalue weighted by Gasteiger charge is -2.09. The minimum atomic E-state index is -0.314. The standard InChI is InChI=1S/C12H13NO2/c1-15-12(14)6-7-13-8-10-4-2-3-5-11(10)9-13/h2-7H,8-9H2,1H3. The maximum atomic E-state index is 10.9. The predicted octanol–water partition coefficient (Wildman–Crippen LogP) is 1.69. The zero-order chi connectivity index (χ0) is 10.7. The van der Waals surface area contributed by atoms with E-state index in [0.29, 0.717) is 0 Å². The molecule has 0 aromatic heterocycles. The molecule has 0 saturated carbocycles. The number of fused-ring (bicyclic) bond motifs is 1. The van der Waals surface area contributed by atoms with Crippen LogP contribution in [-0.2, 0) is 22.6 Å². The lowest BCUT2D eigenvalue weighted by atomic mass is 10.1. The van der Waals surface area contributed by atoms with E-state index in [1.54, 1.807) is 6.20 Å². The Balaban J connectivity index is 2.02. The first-order chi connectivity index (χ1) is 7.29. The van der Waals surface area contributed by atoms with Gasteiger partial charge in [0.05, 0.1) is 7.11 Å². The highest BCUT2D eigenvalue weighted by atomic mass is 16.5. The van der Waals surface area contributed by atoms with Crippen LogP contribution in [0.3, 0.4) is 0 Å². The summed E-state index contributed by atoms with van der Waals surface area (Å²) < 4.78 is 4.53. The van der Waals surface area contributed by atoms with E-state index in [-0.39, 0.29) is 5.97 Å². The average Bonchev–Trinajstić information content (AvgIpc) is 2.68. The number of carbonyl (C=O) groups excluding carboxylic acids is 1. The second-order valence-electron chi connectivity index (χ2n) is 3.51. The number of ether oxygens (including phenoxy) is 1. The van der Waals surface area contributed by atoms with Gasteiger partial charge in [-0.25, -0.2) is 4.79 Å². The van der Waals surface area contributed by atoms with Crippen LogP contribution in [0.2, 0.25) is 0 Å². The number of hydrogen-bond acceptors (Lipinski definition) is 3. The molecule has 78 valence electrons. The molecule has 0 amide bonds. The molecule has 0 saturated heterocycles. The van der Waals surface area contributed by atoms with E-state index in [2.05, 4.69) is 21.8 Å². The number of methoxy groups -OCH3 is 1. The minimum absolute atomic E-state index is 0.314. The smallest absolute Gasteiger partial charge is 0.331 e. The Morgan fingerprint density at radius 2 is 1.93 bits per heavy atom. The van der Waals surface area contributed by atoms with Gasteiger partial charge in [0, 0.05) is 25.4 Å². The fraction of sp³-hybridized carbons (Fsp3) is 0.250. The summed E-state index contributed by atoms with van der Waals surface area (Å²) in [6.07, 6.45) is 3.23. The Kier molecular flexibility index (Phi) is 2.72. The van der Waals surface area contributed by atoms with Crippen molar-refractivity contribution in [3.63, 3.8) is 0 Å². The highest BCUT2D eigenvalue weighted by Crippen LogP contribution is 2.21. The molecule has 0 unspecified atom stereocenters. The third-order valence-electron chi connectivity index (χ3n) is 2.49. The van der Waals surface area contributed by atoms with Crippen molar-refractivity contribution in [2.24, 2.45) is 0 Å². The van der Waals surface area contributed by atoms with Crippen molar-refractivity contribution >= 4 is 5.97 Å². The van der Waals surface area contributed by atoms with Crippen LogP contribution in [0.25, 0.3) is 0 Å². The number of rotatable bonds is 2. The predicted molar refractivity (Wildman–Crippen MR) is 56.8 cm³/mol. The van der Waals surface area contributed by atoms with Gasteiger partial charge in [-0.05, 0) is 11.1 Å². The van der Waals surface area contributed by atoms with Crippen LogP contribution in [0.4, 0.5) is 0 Å². The Labute approximate surface area is 89.0 Å². The number of carbonyl (C=O) groups is 1. The highest BCUT2D eigenvalue weighted by molar-refractivity contribution is 5.81. The summed E-state index contributed by atoms with van der Waals surface area (Å²) in [4.78, 5) is 13.0. The summed E-state index contributed by atoms with van der Waals surface area (Å²) >= 11 is 0. The number of nitrogens with zero attached hydrogens (tertiary/aromatic N) is 1. The molecule has 2 rings (SSSR count). The van der Waals surface area contributed by atoms with Crippen LogP contribution in [0.5, 0.6) is 0 Å². The second kappa shape index (κ2) is 4.17. The Morgan fingerprint density at radius 3 is 2.47 bits per heavy atom. The molecule has 1 aliphatic rings. The van der Waals surface area contributed by atoms with E-state index >= 15 is 0 Å². The lowest BCUT2D eigenvalue weighted by Crippen LogP contribution is -2.08. The first-order valence-corrected chi connectivity index (χ1v) is 4.86. The molecule has 15 heavy (non-hydrogen) atoms. The van der Waals surface area contributed by atoms with Crippen LogP contribution in [-0.4, -0.2) is 18.0 Å². The van der Waals surface area contributed by atoms with Gasteiger partial charge in [0.25, 0.3) is 0 Å². The molecule has 3 nitrogen and oxygen atoms in total. The molecule has 0 N–H and O–H groups in total. The van der Waals surface area contributed by atoms with Crippen molar-refractivity contribution in [1.82, 2.24) is 4.90 Å². The minimum Gasteiger partial charge on any atom is -0.466 e. The van der Waals surface area contributed by atoms with E-state index in [1.165, 1.54) is 24.3 Å². The summed E-state index contributed by atoms with van der Waals surface area (Å²) in [6.45, 7) is 1.73. The van der Waals surface area contributed by atoms with Gasteiger partial charge in [-0.3, -0.25) is 0 Å². The van der Waals surface area contributed by atoms with Crippen LogP contribution in [0.15, 0.2) is 36.5 Å². The third-order valence-corrected chi connectivity index (χ3v) is 2.49. The zero-order valence-corrected chi connectivity index (χ0v) is 8.64. The summed E-state index contributed by atoms with van der Waals surface area (Å²) in [5.41, 5.74) is 2.65. The topological polar surface area (TPSA) is 29.5 Å². The fourth-order valence-corrected chi connectivity index (χ4v) is 1.70. The van der Waals surface area contributed by atoms with Gasteiger partial charge < -0.3 is 9.64 Å². The van der Waals surface area contributed by atoms with Crippen molar-refractivity contribution in [3.05, 3.63) is 47.7 Å². The van der Waals surface area contributed by atoms with E-state index in [0.717, 1.165) is 13.1 Å². The molecule has 0 bridgehead atoms. The molecule has 1 aromatic carbocycles. The maximum absolute atomic E-state index is 10.9. The SMILES string of the molecule is COC(=O)C=CN1Cc2ccccc2C1. The molecule has 0 fully saturated rings. The maximum Gasteiger partial charge on any atom is 0.331 e. The third kappa shape index (κ3) is 2.18. The normalized spacial score (nSPS) is 14.3. The van der Waals surface area contributed by atoms with Crippen LogP contribution < -0.4 is 0 Å². The number of benzene rings is 1. The molecule has 1 aliphatic heterocycles. The summed E-state index contributed by atoms with van der Waals surface area (Å²) in [5, 5.41) is 0. The van der Waals surface area contributed by atoms with Gasteiger partial charge in [0.15, 0.2) is 0 Å². The fourth-order valence-electron chi connectivity index (χ4n) is 1.70. The van der Waals surface area contributed by atoms with Gasteiger partial charge in [0.1, 0.15) is 0 Å². The first-order valence-electron chi connectivity index (χ1n) is 4.86. The van der Waals surface area contributed by atoms with Crippen molar-refractivity contribution in [1.29, 1.82) is 0 Å². The van der Waals surface area contributed by atoms with Crippen molar-refractivity contribution in [2.75, 3.05) is 7.11 Å². The van der Waals surface area contributed by atoms with E-state index in [4.69, 9.17) is 0 Å². The van der Waals surface area contributed by atoms with Gasteiger partial charge in [-0.15, -0.1) is 0 Å². The summed E-state index contributed by atoms with van der Waals surface area (Å²) in [5.74, 6) is -0.314. The molecular formula is C12H13NO2. The van der Waals surface area contributed by atoms with Gasteiger partial charge in [0.2, 0.25) is 0 Å². The van der Waals surface area contributed by atoms with Gasteiger partial charge in [-0.1, -0.05) is 24.3 Å². The quantitative estimate of drug-likeness (QED) is 0.541. The molecule has 0 radical (unpaired) electrons. The van der Waals surface area contributed by atoms with Crippen molar-refractivity contribution in [3.8, 4) is 0 Å². The monoisotopic (exact) mass is 203 g/mol. The van der Waals surface area contributed by atoms with Crippen molar-refractivity contribution in [2.45, 2.75) is 13.1 Å². The molecule has 3 heteroatoms. The highest BCUT2D eigenvalue weighted by Gasteiger charge is 2.14. The largest absolute Gasteiger partial charge is 0.466 e. The van der Waals surface area contributed by atoms with Crippen molar-refractivity contribution < 1.29 is 9.53 Å².